The summed E-state index contributed by atoms with van der Waals surface area (Å²) in [6.45, 7) is 0.433. The van der Waals surface area contributed by atoms with Gasteiger partial charge in [-0.05, 0) is 48.0 Å². The molecule has 1 unspecified atom stereocenters. The van der Waals surface area contributed by atoms with Crippen molar-refractivity contribution in [3.63, 3.8) is 0 Å². The van der Waals surface area contributed by atoms with Crippen molar-refractivity contribution in [3.8, 4) is 0 Å². The van der Waals surface area contributed by atoms with Gasteiger partial charge in [-0.25, -0.2) is 9.98 Å². The molecule has 1 aliphatic rings. The highest BCUT2D eigenvalue weighted by molar-refractivity contribution is 8.17. The van der Waals surface area contributed by atoms with Gasteiger partial charge in [0.1, 0.15) is 5.76 Å². The van der Waals surface area contributed by atoms with E-state index in [1.807, 2.05) is 71.6 Å². The zero-order chi connectivity index (χ0) is 19.6. The Bertz CT molecular complexity index is 1180. The normalized spacial score (nSPS) is 19.6. The third-order valence-corrected chi connectivity index (χ3v) is 5.72. The highest BCUT2D eigenvalue weighted by Crippen LogP contribution is 2.38. The SMILES string of the molecule is OC1/C(=C/c2ccc3[nH]cnc3c2)S/C(=N\c2ccccc2)N1Cc1ccco1. The second-order valence-electron chi connectivity index (χ2n) is 6.64. The first-order valence-corrected chi connectivity index (χ1v) is 10.0. The number of aromatic nitrogens is 2. The van der Waals surface area contributed by atoms with Gasteiger partial charge in [-0.2, -0.15) is 0 Å². The van der Waals surface area contributed by atoms with E-state index < -0.39 is 6.23 Å². The van der Waals surface area contributed by atoms with Crippen LogP contribution in [-0.2, 0) is 6.54 Å². The van der Waals surface area contributed by atoms with Gasteiger partial charge in [-0.15, -0.1) is 0 Å². The molecule has 0 spiro atoms. The van der Waals surface area contributed by atoms with Crippen LogP contribution in [0.2, 0.25) is 0 Å². The third kappa shape index (κ3) is 3.70. The van der Waals surface area contributed by atoms with Gasteiger partial charge in [-0.3, -0.25) is 0 Å². The summed E-state index contributed by atoms with van der Waals surface area (Å²) in [6.07, 6.45) is 4.49. The number of aliphatic hydroxyl groups excluding tert-OH is 1. The number of fused-ring (bicyclic) bond motifs is 1. The van der Waals surface area contributed by atoms with Gasteiger partial charge in [0.15, 0.2) is 11.4 Å². The van der Waals surface area contributed by atoms with Crippen LogP contribution in [-0.4, -0.2) is 31.4 Å². The molecule has 2 aromatic heterocycles. The number of thioether (sulfide) groups is 1. The zero-order valence-corrected chi connectivity index (χ0v) is 16.2. The molecule has 5 rings (SSSR count). The van der Waals surface area contributed by atoms with Crippen molar-refractivity contribution in [1.29, 1.82) is 0 Å². The molecule has 3 heterocycles. The lowest BCUT2D eigenvalue weighted by atomic mass is 10.2. The van der Waals surface area contributed by atoms with Crippen LogP contribution in [0.4, 0.5) is 5.69 Å². The quantitative estimate of drug-likeness (QED) is 0.515. The largest absolute Gasteiger partial charge is 0.467 e. The number of hydrogen-bond donors (Lipinski definition) is 2. The van der Waals surface area contributed by atoms with E-state index in [9.17, 15) is 5.11 Å². The highest BCUT2D eigenvalue weighted by Gasteiger charge is 2.34. The second kappa shape index (κ2) is 7.62. The van der Waals surface area contributed by atoms with Gasteiger partial charge in [0.05, 0.1) is 35.9 Å². The average molecular weight is 402 g/mol. The molecule has 2 aromatic carbocycles. The summed E-state index contributed by atoms with van der Waals surface area (Å²) in [5.41, 5.74) is 3.69. The van der Waals surface area contributed by atoms with Gasteiger partial charge < -0.3 is 19.4 Å². The van der Waals surface area contributed by atoms with E-state index in [4.69, 9.17) is 9.41 Å². The minimum absolute atomic E-state index is 0.433. The Labute approximate surface area is 171 Å². The van der Waals surface area contributed by atoms with E-state index in [0.717, 1.165) is 38.1 Å². The minimum atomic E-state index is -0.803. The fraction of sp³-hybridized carbons (Fsp3) is 0.0909. The first-order chi connectivity index (χ1) is 14.3. The molecule has 0 saturated carbocycles. The van der Waals surface area contributed by atoms with Crippen LogP contribution in [0, 0.1) is 0 Å². The first-order valence-electron chi connectivity index (χ1n) is 9.20. The summed E-state index contributed by atoms with van der Waals surface area (Å²) < 4.78 is 5.49. The van der Waals surface area contributed by atoms with Crippen molar-refractivity contribution < 1.29 is 9.52 Å². The third-order valence-electron chi connectivity index (χ3n) is 4.65. The number of amidine groups is 1. The Hall–Kier alpha value is -3.29. The predicted molar refractivity (Wildman–Crippen MR) is 115 cm³/mol. The molecule has 1 atom stereocenters. The number of furan rings is 1. The Morgan fingerprint density at radius 1 is 1.17 bits per heavy atom. The Kier molecular flexibility index (Phi) is 4.67. The first kappa shape index (κ1) is 17.8. The van der Waals surface area contributed by atoms with Crippen molar-refractivity contribution in [2.24, 2.45) is 4.99 Å². The number of hydrogen-bond acceptors (Lipinski definition) is 5. The smallest absolute Gasteiger partial charge is 0.171 e. The molecule has 4 aromatic rings. The van der Waals surface area contributed by atoms with E-state index in [-0.39, 0.29) is 0 Å². The second-order valence-corrected chi connectivity index (χ2v) is 7.68. The van der Waals surface area contributed by atoms with Crippen molar-refractivity contribution in [1.82, 2.24) is 14.9 Å². The number of H-pyrrole nitrogens is 1. The molecule has 0 radical (unpaired) electrons. The van der Waals surface area contributed by atoms with Gasteiger partial charge in [0, 0.05) is 4.91 Å². The fourth-order valence-corrected chi connectivity index (χ4v) is 4.28. The summed E-state index contributed by atoms with van der Waals surface area (Å²) in [5, 5.41) is 11.8. The maximum absolute atomic E-state index is 11.0. The van der Waals surface area contributed by atoms with E-state index >= 15 is 0 Å². The van der Waals surface area contributed by atoms with Crippen molar-refractivity contribution in [3.05, 3.63) is 89.5 Å². The monoisotopic (exact) mass is 402 g/mol. The fourth-order valence-electron chi connectivity index (χ4n) is 3.21. The van der Waals surface area contributed by atoms with Crippen molar-refractivity contribution >= 4 is 39.7 Å². The van der Waals surface area contributed by atoms with Crippen LogP contribution < -0.4 is 0 Å². The summed E-state index contributed by atoms with van der Waals surface area (Å²) in [4.78, 5) is 14.8. The maximum atomic E-state index is 11.0. The topological polar surface area (TPSA) is 77.6 Å². The number of aromatic amines is 1. The van der Waals surface area contributed by atoms with Crippen molar-refractivity contribution in [2.75, 3.05) is 0 Å². The van der Waals surface area contributed by atoms with Crippen molar-refractivity contribution in [2.45, 2.75) is 12.8 Å². The molecule has 1 saturated heterocycles. The van der Waals surface area contributed by atoms with Crippen LogP contribution in [0.5, 0.6) is 0 Å². The van der Waals surface area contributed by atoms with Crippen LogP contribution in [0.25, 0.3) is 17.1 Å². The Morgan fingerprint density at radius 3 is 2.90 bits per heavy atom. The zero-order valence-electron chi connectivity index (χ0n) is 15.4. The van der Waals surface area contributed by atoms with E-state index in [2.05, 4.69) is 9.97 Å². The van der Waals surface area contributed by atoms with Crippen LogP contribution in [0.15, 0.2) is 87.6 Å². The van der Waals surface area contributed by atoms with Gasteiger partial charge in [0.25, 0.3) is 0 Å². The summed E-state index contributed by atoms with van der Waals surface area (Å²) in [5.74, 6) is 0.768. The van der Waals surface area contributed by atoms with Gasteiger partial charge >= 0.3 is 0 Å². The van der Waals surface area contributed by atoms with Crippen LogP contribution in [0.1, 0.15) is 11.3 Å². The number of rotatable bonds is 4. The number of benzene rings is 2. The van der Waals surface area contributed by atoms with E-state index in [1.54, 1.807) is 12.6 Å². The molecular weight excluding hydrogens is 384 g/mol. The molecule has 0 bridgehead atoms. The summed E-state index contributed by atoms with van der Waals surface area (Å²) in [7, 11) is 0. The van der Waals surface area contributed by atoms with E-state index in [0.29, 0.717) is 6.54 Å². The number of aliphatic hydroxyl groups is 1. The maximum Gasteiger partial charge on any atom is 0.171 e. The number of aliphatic imine (C=N–C) groups is 1. The molecule has 7 heteroatoms. The molecule has 1 aliphatic heterocycles. The lowest BCUT2D eigenvalue weighted by Crippen LogP contribution is -2.32. The minimum Gasteiger partial charge on any atom is -0.467 e. The molecule has 1 fully saturated rings. The summed E-state index contributed by atoms with van der Waals surface area (Å²) >= 11 is 1.46. The van der Waals surface area contributed by atoms with Gasteiger partial charge in [0.2, 0.25) is 0 Å². The molecule has 0 amide bonds. The van der Waals surface area contributed by atoms with Crippen LogP contribution in [0.3, 0.4) is 0 Å². The number of nitrogens with one attached hydrogen (secondary N) is 1. The average Bonchev–Trinajstić information content (AvgIpc) is 3.47. The lowest BCUT2D eigenvalue weighted by molar-refractivity contribution is 0.0912. The molecule has 29 heavy (non-hydrogen) atoms. The molecule has 6 nitrogen and oxygen atoms in total. The molecule has 2 N–H and O–H groups in total. The summed E-state index contributed by atoms with van der Waals surface area (Å²) in [6, 6.07) is 19.5. The lowest BCUT2D eigenvalue weighted by Gasteiger charge is -2.20. The number of nitrogens with zero attached hydrogens (tertiary/aromatic N) is 3. The molecule has 0 aliphatic carbocycles. The number of para-hydroxylation sites is 1. The molecular formula is C22H18N4O2S. The van der Waals surface area contributed by atoms with Gasteiger partial charge in [-0.1, -0.05) is 36.0 Å². The molecule has 144 valence electrons. The predicted octanol–water partition coefficient (Wildman–Crippen LogP) is 4.75. The number of imidazole rings is 1. The Balaban J connectivity index is 1.50. The van der Waals surface area contributed by atoms with Crippen LogP contribution >= 0.6 is 11.8 Å². The standard InChI is InChI=1S/C22H18N4O2S/c27-21-20(12-15-8-9-18-19(11-15)24-14-23-18)29-22(25-16-5-2-1-3-6-16)26(21)13-17-7-4-10-28-17/h1-12,14,21,27H,13H2,(H,23,24)/b20-12-,25-22-. The van der Waals surface area contributed by atoms with E-state index in [1.165, 1.54) is 11.8 Å². The Morgan fingerprint density at radius 2 is 2.07 bits per heavy atom. The highest BCUT2D eigenvalue weighted by atomic mass is 32.2.